The maximum absolute atomic E-state index is 7.21. The second kappa shape index (κ2) is 4.65. The first kappa shape index (κ1) is 16.2. The fraction of sp³-hybridized carbons (Fsp3) is 0.556. The highest BCUT2D eigenvalue weighted by atomic mass is 35.5. The van der Waals surface area contributed by atoms with Gasteiger partial charge in [-0.15, -0.1) is 23.2 Å². The Morgan fingerprint density at radius 2 is 1.29 bits per heavy atom. The summed E-state index contributed by atoms with van der Waals surface area (Å²) in [7, 11) is 3.13. The van der Waals surface area contributed by atoms with Crippen LogP contribution in [0.15, 0.2) is 34.3 Å². The molecule has 0 aromatic heterocycles. The van der Waals surface area contributed by atoms with Gasteiger partial charge in [0.1, 0.15) is 9.75 Å². The Labute approximate surface area is 161 Å². The Kier molecular flexibility index (Phi) is 3.15. The number of rotatable bonds is 2. The standard InChI is InChI=1S/C18H16Cl4O2/c1-23-18(24-2)16(21)12-10-7-11(9-6-4-3-5-8(9)10)13(12)17(18,22)15(20)14(16)19/h3-6,10-13H,7H2,1-2H3. The molecule has 2 nitrogen and oxygen atoms in total. The van der Waals surface area contributed by atoms with Crippen LogP contribution < -0.4 is 0 Å². The maximum Gasteiger partial charge on any atom is 0.217 e. The van der Waals surface area contributed by atoms with Crippen LogP contribution in [0.25, 0.3) is 0 Å². The number of methoxy groups -OCH3 is 2. The summed E-state index contributed by atoms with van der Waals surface area (Å²) in [5.41, 5.74) is 2.69. The fourth-order valence-corrected chi connectivity index (χ4v) is 8.54. The van der Waals surface area contributed by atoms with Crippen LogP contribution in [0.3, 0.4) is 0 Å². The molecular formula is C18H16Cl4O2. The van der Waals surface area contributed by atoms with E-state index in [1.165, 1.54) is 11.1 Å². The lowest BCUT2D eigenvalue weighted by Crippen LogP contribution is -2.58. The molecule has 6 atom stereocenters. The average Bonchev–Trinajstić information content (AvgIpc) is 3.24. The summed E-state index contributed by atoms with van der Waals surface area (Å²) in [6.45, 7) is 0. The minimum absolute atomic E-state index is 0.0338. The second-order valence-electron chi connectivity index (χ2n) is 7.21. The van der Waals surface area contributed by atoms with Gasteiger partial charge < -0.3 is 9.47 Å². The SMILES string of the molecule is COC1(OC)C2(Cl)C(Cl)=C(Cl)C1(Cl)C1C3CC(c4ccccc43)C12. The van der Waals surface area contributed by atoms with Crippen LogP contribution in [-0.4, -0.2) is 29.8 Å². The molecule has 6 unspecified atom stereocenters. The highest BCUT2D eigenvalue weighted by Gasteiger charge is 2.88. The molecule has 1 aromatic rings. The fourth-order valence-electron chi connectivity index (χ4n) is 6.23. The monoisotopic (exact) mass is 404 g/mol. The van der Waals surface area contributed by atoms with Crippen molar-refractivity contribution >= 4 is 46.4 Å². The van der Waals surface area contributed by atoms with E-state index in [9.17, 15) is 0 Å². The van der Waals surface area contributed by atoms with Crippen molar-refractivity contribution in [3.05, 3.63) is 45.5 Å². The first-order valence-corrected chi connectivity index (χ1v) is 9.54. The highest BCUT2D eigenvalue weighted by Crippen LogP contribution is 2.82. The van der Waals surface area contributed by atoms with Crippen molar-refractivity contribution in [2.75, 3.05) is 14.2 Å². The molecule has 0 N–H and O–H groups in total. The molecule has 4 bridgehead atoms. The lowest BCUT2D eigenvalue weighted by molar-refractivity contribution is -0.221. The van der Waals surface area contributed by atoms with Crippen LogP contribution in [0.2, 0.25) is 0 Å². The molecular weight excluding hydrogens is 390 g/mol. The average molecular weight is 406 g/mol. The number of ether oxygens (including phenoxy) is 2. The van der Waals surface area contributed by atoms with Crippen LogP contribution in [0.1, 0.15) is 29.4 Å². The zero-order chi connectivity index (χ0) is 17.1. The van der Waals surface area contributed by atoms with Gasteiger partial charge in [0, 0.05) is 26.1 Å². The van der Waals surface area contributed by atoms with Crippen molar-refractivity contribution in [3.8, 4) is 0 Å². The van der Waals surface area contributed by atoms with Gasteiger partial charge in [0.25, 0.3) is 0 Å². The highest BCUT2D eigenvalue weighted by molar-refractivity contribution is 6.52. The predicted octanol–water partition coefficient (Wildman–Crippen LogP) is 5.16. The van der Waals surface area contributed by atoms with Crippen LogP contribution in [0, 0.1) is 11.8 Å². The zero-order valence-corrected chi connectivity index (χ0v) is 16.2. The summed E-state index contributed by atoms with van der Waals surface area (Å²) in [6.07, 6.45) is 1.02. The maximum atomic E-state index is 7.21. The van der Waals surface area contributed by atoms with Gasteiger partial charge in [-0.2, -0.15) is 0 Å². The van der Waals surface area contributed by atoms with Crippen molar-refractivity contribution in [3.63, 3.8) is 0 Å². The molecule has 0 heterocycles. The van der Waals surface area contributed by atoms with Gasteiger partial charge in [-0.3, -0.25) is 0 Å². The normalized spacial score (nSPS) is 46.6. The number of hydrogen-bond acceptors (Lipinski definition) is 2. The molecule has 0 spiro atoms. The van der Waals surface area contributed by atoms with Crippen molar-refractivity contribution in [2.24, 2.45) is 11.8 Å². The van der Waals surface area contributed by atoms with E-state index >= 15 is 0 Å². The lowest BCUT2D eigenvalue weighted by atomic mass is 9.70. The molecule has 2 saturated carbocycles. The van der Waals surface area contributed by atoms with E-state index in [2.05, 4.69) is 24.3 Å². The summed E-state index contributed by atoms with van der Waals surface area (Å²) in [4.78, 5) is -2.15. The van der Waals surface area contributed by atoms with E-state index < -0.39 is 15.5 Å². The van der Waals surface area contributed by atoms with E-state index in [-0.39, 0.29) is 23.7 Å². The number of alkyl halides is 2. The molecule has 24 heavy (non-hydrogen) atoms. The summed E-state index contributed by atoms with van der Waals surface area (Å²) in [5.74, 6) is -0.626. The smallest absolute Gasteiger partial charge is 0.217 e. The van der Waals surface area contributed by atoms with Crippen molar-refractivity contribution in [2.45, 2.75) is 33.8 Å². The molecule has 6 heteroatoms. The van der Waals surface area contributed by atoms with Gasteiger partial charge >= 0.3 is 0 Å². The van der Waals surface area contributed by atoms with E-state index in [0.717, 1.165) is 6.42 Å². The third-order valence-corrected chi connectivity index (χ3v) is 9.48. The van der Waals surface area contributed by atoms with E-state index in [1.54, 1.807) is 14.2 Å². The quantitative estimate of drug-likeness (QED) is 0.384. The Morgan fingerprint density at radius 3 is 1.67 bits per heavy atom. The minimum Gasteiger partial charge on any atom is -0.350 e. The zero-order valence-electron chi connectivity index (χ0n) is 13.2. The summed E-state index contributed by atoms with van der Waals surface area (Å²) in [6, 6.07) is 8.51. The topological polar surface area (TPSA) is 18.5 Å². The number of hydrogen-bond donors (Lipinski definition) is 0. The molecule has 4 aliphatic carbocycles. The Bertz CT molecular complexity index is 730. The van der Waals surface area contributed by atoms with Gasteiger partial charge in [0.15, 0.2) is 0 Å². The van der Waals surface area contributed by atoms with E-state index in [1.807, 2.05) is 0 Å². The van der Waals surface area contributed by atoms with Crippen molar-refractivity contribution in [1.82, 2.24) is 0 Å². The molecule has 0 saturated heterocycles. The number of halogens is 4. The number of benzene rings is 1. The molecule has 0 radical (unpaired) electrons. The summed E-state index contributed by atoms with van der Waals surface area (Å²) >= 11 is 27.7. The molecule has 5 rings (SSSR count). The molecule has 1 aromatic carbocycles. The molecule has 0 amide bonds. The van der Waals surface area contributed by atoms with Gasteiger partial charge in [-0.1, -0.05) is 47.5 Å². The lowest BCUT2D eigenvalue weighted by Gasteiger charge is -2.42. The Hall–Kier alpha value is 0.0400. The first-order chi connectivity index (χ1) is 11.4. The summed E-state index contributed by atoms with van der Waals surface area (Å²) < 4.78 is 11.7. The van der Waals surface area contributed by atoms with Gasteiger partial charge in [-0.25, -0.2) is 0 Å². The number of fused-ring (bicyclic) bond motifs is 12. The van der Waals surface area contributed by atoms with Crippen LogP contribution in [-0.2, 0) is 9.47 Å². The van der Waals surface area contributed by atoms with Crippen LogP contribution in [0.5, 0.6) is 0 Å². The van der Waals surface area contributed by atoms with Crippen LogP contribution >= 0.6 is 46.4 Å². The first-order valence-electron chi connectivity index (χ1n) is 8.03. The largest absolute Gasteiger partial charge is 0.350 e. The van der Waals surface area contributed by atoms with Gasteiger partial charge in [0.2, 0.25) is 5.79 Å². The van der Waals surface area contributed by atoms with Crippen LogP contribution in [0.4, 0.5) is 0 Å². The van der Waals surface area contributed by atoms with Gasteiger partial charge in [-0.05, 0) is 29.4 Å². The van der Waals surface area contributed by atoms with E-state index in [4.69, 9.17) is 55.9 Å². The Balaban J connectivity index is 1.81. The summed E-state index contributed by atoms with van der Waals surface area (Å²) in [5, 5.41) is 0.742. The van der Waals surface area contributed by atoms with Gasteiger partial charge in [0.05, 0.1) is 10.1 Å². The Morgan fingerprint density at radius 1 is 0.875 bits per heavy atom. The predicted molar refractivity (Wildman–Crippen MR) is 96.2 cm³/mol. The molecule has 2 fully saturated rings. The van der Waals surface area contributed by atoms with Crippen molar-refractivity contribution in [1.29, 1.82) is 0 Å². The second-order valence-corrected chi connectivity index (χ2v) is 9.15. The third-order valence-electron chi connectivity index (χ3n) is 6.84. The minimum atomic E-state index is -1.27. The molecule has 4 aliphatic rings. The molecule has 0 aliphatic heterocycles. The van der Waals surface area contributed by atoms with E-state index in [0.29, 0.717) is 10.1 Å². The molecule has 128 valence electrons. The van der Waals surface area contributed by atoms with Crippen molar-refractivity contribution < 1.29 is 9.47 Å². The third kappa shape index (κ3) is 1.29.